The van der Waals surface area contributed by atoms with Crippen molar-refractivity contribution in [1.82, 2.24) is 0 Å². The maximum absolute atomic E-state index is 14.2. The highest BCUT2D eigenvalue weighted by atomic mass is 35.5. The molecule has 0 saturated heterocycles. The largest absolute Gasteiger partial charge is 0.494 e. The zero-order valence-electron chi connectivity index (χ0n) is 18.4. The molecule has 0 radical (unpaired) electrons. The second-order valence-electron chi connectivity index (χ2n) is 6.92. The standard InChI is InChI=1S/C25H21Cl3FNO4/c1-16(20-13-19(32-11-10-24(27)28)14-21(26)25(20)31-2)30-33-15-17-8-9-22(29)23(12-17)34-18-6-4-3-5-7-18/h3-10,12-14H,11,15H2,1-2H3/b30-16+. The second kappa shape index (κ2) is 12.5. The minimum atomic E-state index is -0.478. The Morgan fingerprint density at radius 1 is 1.03 bits per heavy atom. The van der Waals surface area contributed by atoms with E-state index in [2.05, 4.69) is 5.16 Å². The van der Waals surface area contributed by atoms with Crippen LogP contribution in [-0.2, 0) is 11.4 Å². The fourth-order valence-corrected chi connectivity index (χ4v) is 3.33. The molecule has 0 atom stereocenters. The SMILES string of the molecule is COc1c(Cl)cc(OCC=C(Cl)Cl)cc1/C(C)=N/OCc1ccc(F)c(Oc2ccccc2)c1. The minimum absolute atomic E-state index is 0.0913. The van der Waals surface area contributed by atoms with E-state index in [1.165, 1.54) is 19.3 Å². The topological polar surface area (TPSA) is 49.3 Å². The maximum atomic E-state index is 14.2. The number of benzene rings is 3. The van der Waals surface area contributed by atoms with Crippen molar-refractivity contribution in [2.45, 2.75) is 13.5 Å². The fraction of sp³-hybridized carbons (Fsp3) is 0.160. The van der Waals surface area contributed by atoms with E-state index in [-0.39, 0.29) is 23.5 Å². The Morgan fingerprint density at radius 2 is 1.79 bits per heavy atom. The lowest BCUT2D eigenvalue weighted by molar-refractivity contribution is 0.130. The Labute approximate surface area is 212 Å². The third-order valence-corrected chi connectivity index (χ3v) is 5.09. The second-order valence-corrected chi connectivity index (χ2v) is 8.34. The van der Waals surface area contributed by atoms with Crippen molar-refractivity contribution in [1.29, 1.82) is 0 Å². The number of para-hydroxylation sites is 1. The van der Waals surface area contributed by atoms with Crippen LogP contribution in [0.3, 0.4) is 0 Å². The lowest BCUT2D eigenvalue weighted by Crippen LogP contribution is -2.03. The van der Waals surface area contributed by atoms with Gasteiger partial charge in [0.2, 0.25) is 0 Å². The zero-order valence-corrected chi connectivity index (χ0v) is 20.6. The number of nitrogens with zero attached hydrogens (tertiary/aromatic N) is 1. The van der Waals surface area contributed by atoms with E-state index < -0.39 is 5.82 Å². The van der Waals surface area contributed by atoms with E-state index in [9.17, 15) is 4.39 Å². The predicted octanol–water partition coefficient (Wildman–Crippen LogP) is 7.92. The van der Waals surface area contributed by atoms with E-state index in [1.54, 1.807) is 43.3 Å². The number of hydrogen-bond acceptors (Lipinski definition) is 5. The number of halogens is 4. The average molecular weight is 525 g/mol. The molecule has 5 nitrogen and oxygen atoms in total. The summed E-state index contributed by atoms with van der Waals surface area (Å²) in [5, 5.41) is 4.50. The molecule has 9 heteroatoms. The van der Waals surface area contributed by atoms with Crippen LogP contribution in [0.25, 0.3) is 0 Å². The molecule has 0 bridgehead atoms. The molecule has 3 aromatic carbocycles. The van der Waals surface area contributed by atoms with Crippen LogP contribution in [0, 0.1) is 5.82 Å². The van der Waals surface area contributed by atoms with Crippen LogP contribution >= 0.6 is 34.8 Å². The van der Waals surface area contributed by atoms with E-state index in [1.807, 2.05) is 18.2 Å². The molecule has 0 aromatic heterocycles. The number of ether oxygens (including phenoxy) is 3. The first-order valence-electron chi connectivity index (χ1n) is 10.1. The van der Waals surface area contributed by atoms with E-state index >= 15 is 0 Å². The Kier molecular flexibility index (Phi) is 9.45. The molecule has 3 aromatic rings. The monoisotopic (exact) mass is 523 g/mol. The molecule has 0 spiro atoms. The Hall–Kier alpha value is -2.93. The molecule has 0 N–H and O–H groups in total. The van der Waals surface area contributed by atoms with Gasteiger partial charge in [-0.1, -0.05) is 64.2 Å². The Morgan fingerprint density at radius 3 is 2.50 bits per heavy atom. The van der Waals surface area contributed by atoms with Crippen molar-refractivity contribution in [3.05, 3.63) is 93.2 Å². The van der Waals surface area contributed by atoms with E-state index in [0.29, 0.717) is 39.1 Å². The van der Waals surface area contributed by atoms with Crippen LogP contribution in [0.2, 0.25) is 5.02 Å². The van der Waals surface area contributed by atoms with Crippen molar-refractivity contribution in [3.8, 4) is 23.0 Å². The lowest BCUT2D eigenvalue weighted by atomic mass is 10.1. The molecule has 0 unspecified atom stereocenters. The number of methoxy groups -OCH3 is 1. The number of oxime groups is 1. The third-order valence-electron chi connectivity index (χ3n) is 4.50. The van der Waals surface area contributed by atoms with Crippen molar-refractivity contribution in [2.24, 2.45) is 5.16 Å². The molecule has 3 rings (SSSR count). The Balaban J connectivity index is 1.73. The molecule has 0 amide bonds. The smallest absolute Gasteiger partial charge is 0.165 e. The highest BCUT2D eigenvalue weighted by Gasteiger charge is 2.14. The van der Waals surface area contributed by atoms with Gasteiger partial charge in [0.1, 0.15) is 35.0 Å². The highest BCUT2D eigenvalue weighted by molar-refractivity contribution is 6.55. The van der Waals surface area contributed by atoms with Gasteiger partial charge in [-0.15, -0.1) is 0 Å². The summed E-state index contributed by atoms with van der Waals surface area (Å²) >= 11 is 17.5. The van der Waals surface area contributed by atoms with Crippen LogP contribution in [0.5, 0.6) is 23.0 Å². The van der Waals surface area contributed by atoms with Crippen LogP contribution < -0.4 is 14.2 Å². The molecule has 0 saturated carbocycles. The summed E-state index contributed by atoms with van der Waals surface area (Å²) in [5.74, 6) is 1.04. The summed E-state index contributed by atoms with van der Waals surface area (Å²) in [6.07, 6.45) is 1.50. The normalized spacial score (nSPS) is 11.1. The first-order valence-corrected chi connectivity index (χ1v) is 11.2. The average Bonchev–Trinajstić information content (AvgIpc) is 2.81. The van der Waals surface area contributed by atoms with E-state index in [0.717, 1.165) is 0 Å². The highest BCUT2D eigenvalue weighted by Crippen LogP contribution is 2.34. The first kappa shape index (κ1) is 25.7. The van der Waals surface area contributed by atoms with Gasteiger partial charge in [0.25, 0.3) is 0 Å². The number of rotatable bonds is 10. The van der Waals surface area contributed by atoms with Gasteiger partial charge in [-0.3, -0.25) is 0 Å². The summed E-state index contributed by atoms with van der Waals surface area (Å²) in [6.45, 7) is 1.99. The summed E-state index contributed by atoms with van der Waals surface area (Å²) < 4.78 is 30.9. The molecule has 34 heavy (non-hydrogen) atoms. The molecule has 0 aliphatic carbocycles. The van der Waals surface area contributed by atoms with Gasteiger partial charge in [-0.25, -0.2) is 4.39 Å². The quantitative estimate of drug-likeness (QED) is 0.200. The predicted molar refractivity (Wildman–Crippen MR) is 133 cm³/mol. The summed E-state index contributed by atoms with van der Waals surface area (Å²) in [4.78, 5) is 5.50. The van der Waals surface area contributed by atoms with Gasteiger partial charge in [0.05, 0.1) is 17.8 Å². The zero-order chi connectivity index (χ0) is 24.5. The fourth-order valence-electron chi connectivity index (χ4n) is 2.91. The first-order chi connectivity index (χ1) is 16.4. The van der Waals surface area contributed by atoms with Crippen molar-refractivity contribution < 1.29 is 23.4 Å². The van der Waals surface area contributed by atoms with Gasteiger partial charge in [-0.2, -0.15) is 0 Å². The summed E-state index contributed by atoms with van der Waals surface area (Å²) in [5.41, 5.74) is 1.76. The molecule has 0 heterocycles. The van der Waals surface area contributed by atoms with Crippen LogP contribution in [-0.4, -0.2) is 19.4 Å². The van der Waals surface area contributed by atoms with Crippen molar-refractivity contribution in [3.63, 3.8) is 0 Å². The van der Waals surface area contributed by atoms with Gasteiger partial charge >= 0.3 is 0 Å². The van der Waals surface area contributed by atoms with Gasteiger partial charge < -0.3 is 19.0 Å². The van der Waals surface area contributed by atoms with Crippen molar-refractivity contribution >= 4 is 40.5 Å². The van der Waals surface area contributed by atoms with E-state index in [4.69, 9.17) is 53.9 Å². The lowest BCUT2D eigenvalue weighted by Gasteiger charge is -2.13. The molecule has 178 valence electrons. The van der Waals surface area contributed by atoms with Gasteiger partial charge in [-0.05, 0) is 48.9 Å². The van der Waals surface area contributed by atoms with Crippen molar-refractivity contribution in [2.75, 3.05) is 13.7 Å². The summed E-state index contributed by atoms with van der Waals surface area (Å²) in [6, 6.07) is 16.8. The molecular weight excluding hydrogens is 504 g/mol. The molecular formula is C25H21Cl3FNO4. The van der Waals surface area contributed by atoms with Crippen LogP contribution in [0.4, 0.5) is 4.39 Å². The van der Waals surface area contributed by atoms with Crippen LogP contribution in [0.15, 0.2) is 76.4 Å². The number of hydrogen-bond donors (Lipinski definition) is 0. The molecule has 0 aliphatic heterocycles. The maximum Gasteiger partial charge on any atom is 0.165 e. The third kappa shape index (κ3) is 7.29. The minimum Gasteiger partial charge on any atom is -0.494 e. The molecule has 0 aliphatic rings. The molecule has 0 fully saturated rings. The van der Waals surface area contributed by atoms with Crippen LogP contribution in [0.1, 0.15) is 18.1 Å². The summed E-state index contributed by atoms with van der Waals surface area (Å²) in [7, 11) is 1.50. The Bertz CT molecular complexity index is 1180. The van der Waals surface area contributed by atoms with Gasteiger partial charge in [0, 0.05) is 11.6 Å². The van der Waals surface area contributed by atoms with Gasteiger partial charge in [0.15, 0.2) is 11.6 Å².